The van der Waals surface area contributed by atoms with Crippen molar-refractivity contribution in [2.45, 2.75) is 24.5 Å². The Balaban J connectivity index is 1.35. The zero-order valence-corrected chi connectivity index (χ0v) is 43.7. The van der Waals surface area contributed by atoms with Gasteiger partial charge in [0.25, 0.3) is 20.2 Å². The lowest BCUT2D eigenvalue weighted by Crippen LogP contribution is -2.11. The molecule has 0 aliphatic heterocycles. The van der Waals surface area contributed by atoms with Gasteiger partial charge >= 0.3 is 0 Å². The number of hydrogen-bond acceptors (Lipinski definition) is 34. The standard InChI is InChI=1S/C37H36N12O21S7/c38-32-28(48-46-26-3-1-2-4-30(26)76(57,58)59)20-31(77(60,61)62)33(39)34(32)49-47-27-19-23(9-14-29(27)71-68-65-50)42-37-44-35(40-21-5-10-24(11-6-21)74(53,54)17-15-63-72-69-66-51)43-36(45-37)41-22-7-12-25(13-8-22)75(55,56)18-16-64-73-70-67-52/h1-14,19-20,50-52H,15-18,38-39H2,(H,57,58,59)(H,60,61,62)(H3,40,41,42,43,44,45). The minimum absolute atomic E-state index is 0.0582. The van der Waals surface area contributed by atoms with Crippen molar-refractivity contribution in [3.8, 4) is 0 Å². The van der Waals surface area contributed by atoms with Crippen LogP contribution in [0.4, 0.5) is 69.0 Å². The molecular weight excluding hydrogens is 1170 g/mol. The molecule has 0 amide bonds. The summed E-state index contributed by atoms with van der Waals surface area (Å²) in [6, 6.07) is 20.4. The Morgan fingerprint density at radius 2 is 0.961 bits per heavy atom. The van der Waals surface area contributed by atoms with Crippen molar-refractivity contribution in [1.29, 1.82) is 0 Å². The van der Waals surface area contributed by atoms with E-state index in [1.807, 2.05) is 0 Å². The fourth-order valence-electron chi connectivity index (χ4n) is 5.91. The first-order valence-electron chi connectivity index (χ1n) is 20.3. The highest BCUT2D eigenvalue weighted by Gasteiger charge is 2.24. The number of hydrogen-bond donors (Lipinski definition) is 10. The van der Waals surface area contributed by atoms with Gasteiger partial charge in [0, 0.05) is 17.1 Å². The predicted molar refractivity (Wildman–Crippen MR) is 270 cm³/mol. The molecule has 0 aliphatic carbocycles. The second-order valence-corrected chi connectivity index (χ2v) is 23.0. The number of nitrogens with one attached hydrogen (secondary N) is 3. The first-order chi connectivity index (χ1) is 36.6. The molecule has 0 unspecified atom stereocenters. The molecule has 0 saturated heterocycles. The molecule has 0 spiro atoms. The average molecular weight is 1210 g/mol. The molecule has 6 rings (SSSR count). The number of anilines is 8. The van der Waals surface area contributed by atoms with E-state index in [0.717, 1.165) is 18.2 Å². The van der Waals surface area contributed by atoms with Crippen LogP contribution in [0.3, 0.4) is 0 Å². The molecule has 5 aromatic carbocycles. The van der Waals surface area contributed by atoms with E-state index in [0.29, 0.717) is 12.0 Å². The van der Waals surface area contributed by atoms with Crippen molar-refractivity contribution >= 4 is 146 Å². The third kappa shape index (κ3) is 17.3. The Morgan fingerprint density at radius 1 is 0.506 bits per heavy atom. The molecule has 77 heavy (non-hydrogen) atoms. The number of sulfone groups is 2. The molecule has 1 aromatic heterocycles. The molecular formula is C37H36N12O21S7. The molecule has 40 heteroatoms. The molecule has 1 heterocycles. The summed E-state index contributed by atoms with van der Waals surface area (Å²) in [5, 5.41) is 60.4. The Hall–Kier alpha value is -6.36. The third-order valence-corrected chi connectivity index (χ3v) is 15.9. The summed E-state index contributed by atoms with van der Waals surface area (Å²) < 4.78 is 142. The Bertz CT molecular complexity index is 3450. The van der Waals surface area contributed by atoms with Gasteiger partial charge in [-0.25, -0.2) is 32.6 Å². The summed E-state index contributed by atoms with van der Waals surface area (Å²) in [6.45, 7) is -0.669. The maximum atomic E-state index is 12.9. The molecule has 33 nitrogen and oxygen atoms in total. The highest BCUT2D eigenvalue weighted by atomic mass is 32.2. The maximum absolute atomic E-state index is 12.9. The lowest BCUT2D eigenvalue weighted by Gasteiger charge is -2.13. The molecule has 412 valence electrons. The zero-order chi connectivity index (χ0) is 55.8. The van der Waals surface area contributed by atoms with Crippen molar-refractivity contribution in [3.05, 3.63) is 97.1 Å². The second kappa shape index (κ2) is 27.3. The van der Waals surface area contributed by atoms with Crippen LogP contribution >= 0.6 is 36.7 Å². The van der Waals surface area contributed by atoms with Gasteiger partial charge < -0.3 is 27.4 Å². The molecule has 0 atom stereocenters. The first-order valence-corrected chi connectivity index (χ1v) is 28.5. The summed E-state index contributed by atoms with van der Waals surface area (Å²) in [4.78, 5) is 11.5. The van der Waals surface area contributed by atoms with Crippen molar-refractivity contribution in [2.75, 3.05) is 52.1 Å². The molecule has 0 radical (unpaired) electrons. The van der Waals surface area contributed by atoms with E-state index < -0.39 is 89.6 Å². The summed E-state index contributed by atoms with van der Waals surface area (Å²) in [5.41, 5.74) is 10.3. The summed E-state index contributed by atoms with van der Waals surface area (Å²) in [7, 11) is -17.7. The van der Waals surface area contributed by atoms with Crippen molar-refractivity contribution in [2.24, 2.45) is 20.5 Å². The van der Waals surface area contributed by atoms with Gasteiger partial charge in [0.15, 0.2) is 44.3 Å². The SMILES string of the molecule is Nc1c(N=Nc2ccccc2S(=O)(=O)O)cc(S(=O)(=O)O)c(N)c1N=Nc1cc(Nc2nc(Nc3ccc(S(=O)(=O)CCOSOOO)cc3)nc(Nc3ccc(S(=O)(=O)CCOSOOO)cc3)n2)ccc1SOOO. The lowest BCUT2D eigenvalue weighted by atomic mass is 10.2. The van der Waals surface area contributed by atoms with Crippen molar-refractivity contribution in [3.63, 3.8) is 0 Å². The van der Waals surface area contributed by atoms with E-state index in [1.165, 1.54) is 78.9 Å². The Labute approximate surface area is 447 Å². The number of rotatable bonds is 29. The van der Waals surface area contributed by atoms with E-state index in [-0.39, 0.29) is 93.1 Å². The lowest BCUT2D eigenvalue weighted by molar-refractivity contribution is -0.434. The van der Waals surface area contributed by atoms with Crippen molar-refractivity contribution < 1.29 is 95.0 Å². The molecule has 0 aliphatic rings. The number of benzene rings is 5. The van der Waals surface area contributed by atoms with Gasteiger partial charge in [0.1, 0.15) is 32.5 Å². The Morgan fingerprint density at radius 3 is 1.45 bits per heavy atom. The van der Waals surface area contributed by atoms with E-state index in [2.05, 4.69) is 79.5 Å². The molecule has 0 bridgehead atoms. The van der Waals surface area contributed by atoms with Crippen LogP contribution in [0.15, 0.2) is 142 Å². The van der Waals surface area contributed by atoms with Crippen LogP contribution in [0.1, 0.15) is 0 Å². The van der Waals surface area contributed by atoms with Crippen LogP contribution in [0.2, 0.25) is 0 Å². The quantitative estimate of drug-likeness (QED) is 0.00411. The third-order valence-electron chi connectivity index (χ3n) is 9.29. The van der Waals surface area contributed by atoms with Gasteiger partial charge in [0.2, 0.25) is 17.8 Å². The van der Waals surface area contributed by atoms with Gasteiger partial charge in [-0.3, -0.25) is 17.5 Å². The average Bonchev–Trinajstić information content (AvgIpc) is 3.38. The van der Waals surface area contributed by atoms with Crippen molar-refractivity contribution in [1.82, 2.24) is 15.0 Å². The molecule has 0 saturated carbocycles. The van der Waals surface area contributed by atoms with Crippen LogP contribution in [0.25, 0.3) is 0 Å². The number of nitrogens with zero attached hydrogens (tertiary/aromatic N) is 7. The number of aromatic nitrogens is 3. The highest BCUT2D eigenvalue weighted by Crippen LogP contribution is 2.44. The number of nitrogens with two attached hydrogens (primary N) is 2. The molecule has 12 N–H and O–H groups in total. The van der Waals surface area contributed by atoms with Crippen LogP contribution in [-0.4, -0.2) is 98.2 Å². The largest absolute Gasteiger partial charge is 0.396 e. The van der Waals surface area contributed by atoms with Crippen LogP contribution < -0.4 is 27.4 Å². The van der Waals surface area contributed by atoms with Gasteiger partial charge in [-0.15, -0.1) is 33.5 Å². The topological polar surface area (TPSA) is 488 Å². The zero-order valence-electron chi connectivity index (χ0n) is 38.0. The van der Waals surface area contributed by atoms with E-state index in [9.17, 15) is 42.8 Å². The van der Waals surface area contributed by atoms with Crippen LogP contribution in [-0.2, 0) is 76.4 Å². The van der Waals surface area contributed by atoms with Crippen LogP contribution in [0, 0.1) is 0 Å². The fourth-order valence-corrected chi connectivity index (χ4v) is 10.4. The maximum Gasteiger partial charge on any atom is 0.296 e. The van der Waals surface area contributed by atoms with Gasteiger partial charge in [-0.1, -0.05) is 27.2 Å². The first kappa shape index (κ1) is 59.9. The highest BCUT2D eigenvalue weighted by molar-refractivity contribution is 7.94. The van der Waals surface area contributed by atoms with Gasteiger partial charge in [-0.2, -0.15) is 31.8 Å². The van der Waals surface area contributed by atoms with Gasteiger partial charge in [0.05, 0.1) is 62.8 Å². The summed E-state index contributed by atoms with van der Waals surface area (Å²) >= 11 is 0.829. The molecule has 0 fully saturated rings. The predicted octanol–water partition coefficient (Wildman–Crippen LogP) is 7.57. The molecule has 6 aromatic rings. The van der Waals surface area contributed by atoms with E-state index >= 15 is 0 Å². The summed E-state index contributed by atoms with van der Waals surface area (Å²) in [5.74, 6) is -1.44. The summed E-state index contributed by atoms with van der Waals surface area (Å²) in [6.07, 6.45) is 0. The minimum atomic E-state index is -5.14. The second-order valence-electron chi connectivity index (χ2n) is 14.2. The van der Waals surface area contributed by atoms with Gasteiger partial charge in [-0.05, 0) is 84.9 Å². The van der Waals surface area contributed by atoms with E-state index in [4.69, 9.17) is 35.6 Å². The number of nitrogen functional groups attached to an aromatic ring is 2. The minimum Gasteiger partial charge on any atom is -0.396 e. The number of azo groups is 2. The van der Waals surface area contributed by atoms with Crippen LogP contribution in [0.5, 0.6) is 0 Å². The van der Waals surface area contributed by atoms with E-state index in [1.54, 1.807) is 0 Å². The smallest absolute Gasteiger partial charge is 0.296 e. The Kier molecular flexibility index (Phi) is 21.2. The monoisotopic (exact) mass is 1210 g/mol. The fraction of sp³-hybridized carbons (Fsp3) is 0.108. The normalized spacial score (nSPS) is 12.4.